The van der Waals surface area contributed by atoms with E-state index in [1.807, 2.05) is 0 Å². The van der Waals surface area contributed by atoms with Crippen LogP contribution in [-0.2, 0) is 4.74 Å². The highest BCUT2D eigenvalue weighted by molar-refractivity contribution is 6.34. The van der Waals surface area contributed by atoms with Gasteiger partial charge in [0, 0.05) is 24.5 Å². The number of benzene rings is 1. The second-order valence-corrected chi connectivity index (χ2v) is 4.88. The molecule has 7 heteroatoms. The molecule has 0 bridgehead atoms. The quantitative estimate of drug-likeness (QED) is 0.595. The Balaban J connectivity index is 2.02. The van der Waals surface area contributed by atoms with Crippen LogP contribution >= 0.6 is 11.6 Å². The number of ketones is 1. The molecule has 0 aliphatic carbocycles. The molecule has 1 aliphatic rings. The number of Topliss-reactive ketones (excluding diaryl/α,β-unsaturated/α-hetero) is 1. The van der Waals surface area contributed by atoms with Crippen LogP contribution in [0.25, 0.3) is 0 Å². The van der Waals surface area contributed by atoms with E-state index < -0.39 is 13.0 Å². The minimum absolute atomic E-state index is 0.0217. The molecule has 0 N–H and O–H groups in total. The predicted octanol–water partition coefficient (Wildman–Crippen LogP) is 3.36. The highest BCUT2D eigenvalue weighted by Crippen LogP contribution is 2.35. The van der Waals surface area contributed by atoms with Crippen molar-refractivity contribution >= 4 is 17.4 Å². The van der Waals surface area contributed by atoms with Crippen molar-refractivity contribution < 1.29 is 27.8 Å². The number of carbonyl (C=O) groups is 1. The molecule has 0 amide bonds. The van der Waals surface area contributed by atoms with Gasteiger partial charge in [0.1, 0.15) is 6.61 Å². The number of alkyl halides is 2. The van der Waals surface area contributed by atoms with Crippen molar-refractivity contribution in [3.8, 4) is 11.5 Å². The monoisotopic (exact) mass is 320 g/mol. The van der Waals surface area contributed by atoms with E-state index in [0.717, 1.165) is 6.42 Å². The van der Waals surface area contributed by atoms with Crippen LogP contribution in [0.2, 0.25) is 5.02 Å². The Morgan fingerprint density at radius 1 is 1.29 bits per heavy atom. The van der Waals surface area contributed by atoms with Gasteiger partial charge < -0.3 is 14.2 Å². The molecule has 4 nitrogen and oxygen atoms in total. The molecule has 0 aromatic heterocycles. The van der Waals surface area contributed by atoms with Gasteiger partial charge in [-0.2, -0.15) is 0 Å². The van der Waals surface area contributed by atoms with Gasteiger partial charge in [-0.3, -0.25) is 4.79 Å². The molecule has 1 aliphatic heterocycles. The van der Waals surface area contributed by atoms with Gasteiger partial charge in [-0.05, 0) is 6.07 Å². The van der Waals surface area contributed by atoms with Crippen molar-refractivity contribution in [2.24, 2.45) is 0 Å². The molecule has 116 valence electrons. The summed E-state index contributed by atoms with van der Waals surface area (Å²) in [6, 6.07) is 3.06. The topological polar surface area (TPSA) is 44.8 Å². The molecule has 0 atom stereocenters. The molecular weight excluding hydrogens is 306 g/mol. The first-order valence-electron chi connectivity index (χ1n) is 6.56. The Morgan fingerprint density at radius 3 is 2.62 bits per heavy atom. The summed E-state index contributed by atoms with van der Waals surface area (Å²) in [7, 11) is 0. The van der Waals surface area contributed by atoms with Gasteiger partial charge in [-0.25, -0.2) is 8.78 Å². The van der Waals surface area contributed by atoms with E-state index in [4.69, 9.17) is 21.1 Å². The first-order chi connectivity index (χ1) is 10.1. The lowest BCUT2D eigenvalue weighted by molar-refractivity contribution is 0.0170. The minimum atomic E-state index is -2.54. The third kappa shape index (κ3) is 4.54. The standard InChI is InChI=1S/C14H15ClF2O4/c15-10-7-13-12(20-3-1-4-21-13)6-9(10)11(18)2-5-19-8-14(16)17/h6-7,14H,1-5,8H2. The largest absolute Gasteiger partial charge is 0.490 e. The summed E-state index contributed by atoms with van der Waals surface area (Å²) in [4.78, 5) is 12.0. The summed E-state index contributed by atoms with van der Waals surface area (Å²) in [6.07, 6.45) is -1.81. The van der Waals surface area contributed by atoms with Crippen LogP contribution < -0.4 is 9.47 Å². The maximum absolute atomic E-state index is 12.0. The number of ether oxygens (including phenoxy) is 3. The van der Waals surface area contributed by atoms with E-state index in [1.165, 1.54) is 12.1 Å². The molecule has 0 spiro atoms. The lowest BCUT2D eigenvalue weighted by Gasteiger charge is -2.11. The van der Waals surface area contributed by atoms with E-state index in [-0.39, 0.29) is 29.4 Å². The van der Waals surface area contributed by atoms with Crippen LogP contribution in [0.1, 0.15) is 23.2 Å². The maximum atomic E-state index is 12.0. The van der Waals surface area contributed by atoms with Crippen molar-refractivity contribution in [1.82, 2.24) is 0 Å². The van der Waals surface area contributed by atoms with Gasteiger partial charge in [0.2, 0.25) is 0 Å². The normalized spacial score (nSPS) is 14.1. The summed E-state index contributed by atoms with van der Waals surface area (Å²) in [5.41, 5.74) is 0.279. The summed E-state index contributed by atoms with van der Waals surface area (Å²) >= 11 is 6.06. The van der Waals surface area contributed by atoms with E-state index >= 15 is 0 Å². The average molecular weight is 321 g/mol. The van der Waals surface area contributed by atoms with Gasteiger partial charge >= 0.3 is 0 Å². The third-order valence-electron chi connectivity index (χ3n) is 2.85. The van der Waals surface area contributed by atoms with Crippen LogP contribution in [0.4, 0.5) is 8.78 Å². The van der Waals surface area contributed by atoms with Crippen LogP contribution in [0, 0.1) is 0 Å². The molecule has 1 heterocycles. The van der Waals surface area contributed by atoms with Crippen LogP contribution in [0.15, 0.2) is 12.1 Å². The fourth-order valence-electron chi connectivity index (χ4n) is 1.87. The van der Waals surface area contributed by atoms with Crippen molar-refractivity contribution in [3.05, 3.63) is 22.7 Å². The van der Waals surface area contributed by atoms with E-state index in [2.05, 4.69) is 4.74 Å². The fourth-order valence-corrected chi connectivity index (χ4v) is 2.13. The molecule has 0 fully saturated rings. The van der Waals surface area contributed by atoms with Gasteiger partial charge in [0.25, 0.3) is 6.43 Å². The number of rotatable bonds is 6. The maximum Gasteiger partial charge on any atom is 0.261 e. The lowest BCUT2D eigenvalue weighted by atomic mass is 10.1. The summed E-state index contributed by atoms with van der Waals surface area (Å²) in [6.45, 7) is 0.272. The smallest absolute Gasteiger partial charge is 0.261 e. The van der Waals surface area contributed by atoms with Crippen molar-refractivity contribution in [2.75, 3.05) is 26.4 Å². The van der Waals surface area contributed by atoms with Crippen LogP contribution in [-0.4, -0.2) is 38.6 Å². The predicted molar refractivity (Wildman–Crippen MR) is 72.8 cm³/mol. The van der Waals surface area contributed by atoms with Gasteiger partial charge in [-0.15, -0.1) is 0 Å². The molecule has 0 radical (unpaired) electrons. The molecular formula is C14H15ClF2O4. The van der Waals surface area contributed by atoms with Gasteiger partial charge in [0.05, 0.1) is 24.8 Å². The molecule has 1 aromatic rings. The first-order valence-corrected chi connectivity index (χ1v) is 6.94. The van der Waals surface area contributed by atoms with Gasteiger partial charge in [0.15, 0.2) is 17.3 Å². The van der Waals surface area contributed by atoms with E-state index in [9.17, 15) is 13.6 Å². The minimum Gasteiger partial charge on any atom is -0.490 e. The molecule has 1 aromatic carbocycles. The first kappa shape index (κ1) is 16.0. The molecule has 0 saturated carbocycles. The van der Waals surface area contributed by atoms with E-state index in [0.29, 0.717) is 24.7 Å². The second-order valence-electron chi connectivity index (χ2n) is 4.47. The van der Waals surface area contributed by atoms with Crippen LogP contribution in [0.3, 0.4) is 0 Å². The molecule has 2 rings (SSSR count). The summed E-state index contributed by atoms with van der Waals surface area (Å²) < 4.78 is 39.5. The highest BCUT2D eigenvalue weighted by Gasteiger charge is 2.18. The summed E-state index contributed by atoms with van der Waals surface area (Å²) in [5.74, 6) is 0.682. The average Bonchev–Trinajstić information content (AvgIpc) is 2.67. The lowest BCUT2D eigenvalue weighted by Crippen LogP contribution is -2.10. The molecule has 21 heavy (non-hydrogen) atoms. The molecule has 0 saturated heterocycles. The number of halogens is 3. The van der Waals surface area contributed by atoms with E-state index in [1.54, 1.807) is 0 Å². The number of fused-ring (bicyclic) bond motifs is 1. The number of carbonyl (C=O) groups excluding carboxylic acids is 1. The second kappa shape index (κ2) is 7.56. The Labute approximate surface area is 125 Å². The zero-order chi connectivity index (χ0) is 15.2. The van der Waals surface area contributed by atoms with Crippen LogP contribution in [0.5, 0.6) is 11.5 Å². The third-order valence-corrected chi connectivity index (χ3v) is 3.17. The van der Waals surface area contributed by atoms with Crippen molar-refractivity contribution in [1.29, 1.82) is 0 Å². The van der Waals surface area contributed by atoms with Gasteiger partial charge in [-0.1, -0.05) is 11.6 Å². The molecule has 0 unspecified atom stereocenters. The Kier molecular flexibility index (Phi) is 5.76. The highest BCUT2D eigenvalue weighted by atomic mass is 35.5. The SMILES string of the molecule is O=C(CCOCC(F)F)c1cc2c(cc1Cl)OCCCO2. The number of hydrogen-bond acceptors (Lipinski definition) is 4. The number of hydrogen-bond donors (Lipinski definition) is 0. The Morgan fingerprint density at radius 2 is 1.95 bits per heavy atom. The summed E-state index contributed by atoms with van der Waals surface area (Å²) in [5, 5.41) is 0.248. The van der Waals surface area contributed by atoms with Crippen molar-refractivity contribution in [2.45, 2.75) is 19.3 Å². The zero-order valence-electron chi connectivity index (χ0n) is 11.2. The zero-order valence-corrected chi connectivity index (χ0v) is 12.0. The fraction of sp³-hybridized carbons (Fsp3) is 0.500. The Hall–Kier alpha value is -1.40. The Bertz CT molecular complexity index is 508. The van der Waals surface area contributed by atoms with Crippen molar-refractivity contribution in [3.63, 3.8) is 0 Å².